The summed E-state index contributed by atoms with van der Waals surface area (Å²) >= 11 is 0. The minimum atomic E-state index is -0.276. The fraction of sp³-hybridized carbons (Fsp3) is 0.154. The van der Waals surface area contributed by atoms with Crippen LogP contribution >= 0.6 is 0 Å². The van der Waals surface area contributed by atoms with Crippen LogP contribution in [0.25, 0.3) is 34.1 Å². The van der Waals surface area contributed by atoms with Crippen LogP contribution in [-0.2, 0) is 5.41 Å². The third kappa shape index (κ3) is 22.3. The van der Waals surface area contributed by atoms with Crippen molar-refractivity contribution in [3.63, 3.8) is 0 Å². The number of hydrogen-bond acceptors (Lipinski definition) is 27. The molecule has 0 fully saturated rings. The summed E-state index contributed by atoms with van der Waals surface area (Å²) in [6.07, 6.45) is 6.74. The third-order valence-corrected chi connectivity index (χ3v) is 16.8. The number of aromatic nitrogens is 18. The van der Waals surface area contributed by atoms with Crippen LogP contribution in [-0.4, -0.2) is 90.6 Å². The smallest absolute Gasteiger partial charge is 0.223 e. The van der Waals surface area contributed by atoms with Crippen molar-refractivity contribution in [2.75, 3.05) is 65.5 Å². The van der Waals surface area contributed by atoms with Crippen molar-refractivity contribution < 1.29 is 22.0 Å². The fourth-order valence-corrected chi connectivity index (χ4v) is 11.0. The van der Waals surface area contributed by atoms with Crippen molar-refractivity contribution in [2.45, 2.75) is 78.0 Å². The van der Waals surface area contributed by atoms with Crippen molar-refractivity contribution in [1.82, 2.24) is 90.6 Å². The minimum Gasteiger partial charge on any atom is -0.463 e. The van der Waals surface area contributed by atoms with Crippen LogP contribution in [0.5, 0.6) is 0 Å². The number of H-pyrrole nitrogens is 4. The Kier molecular flexibility index (Phi) is 24.5. The van der Waals surface area contributed by atoms with E-state index in [0.717, 1.165) is 56.3 Å². The summed E-state index contributed by atoms with van der Waals surface area (Å²) in [7, 11) is 0. The zero-order valence-corrected chi connectivity index (χ0v) is 62.0. The molecule has 11 aromatic heterocycles. The van der Waals surface area contributed by atoms with E-state index in [-0.39, 0.29) is 76.6 Å². The Morgan fingerprint density at radius 1 is 0.345 bits per heavy atom. The van der Waals surface area contributed by atoms with Gasteiger partial charge in [-0.3, -0.25) is 30.4 Å². The standard InChI is InChI=1S/2C20H19FN8.C19H18FN7O.C19H24FN7/c1-12(13-2-4-15(21)5-3-13)24-17-11-18(27-20(22)26-17)25-19-10-16(28-29-19)14-6-8-23-9-7-14;1-12(13-5-7-14(21)8-6-13)24-17-11-18(27-20(22)26-17)25-19-10-16(28-29-19)15-4-2-3-9-23-15;1-11(12-4-6-13(20)7-5-12)22-16-10-17(25-19(21)24-16)23-18-9-14(26-27-18)15-3-2-8-28-15;1-11(12-5-7-13(20)8-6-12)22-15-10-16(25-18(21)24-15)23-17-9-14(26-27-17)19(2,3)4/h2*2-12H,1H3,(H5,22,24,25,26,27,28,29);2-11H,1H3,(H5,21,22,23,24,25,26,27);5-11H,1-4H3,(H5,21,22,23,24,25,26,27). The first-order valence-corrected chi connectivity index (χ1v) is 35.2. The van der Waals surface area contributed by atoms with Gasteiger partial charge in [0.05, 0.1) is 23.3 Å². The summed E-state index contributed by atoms with van der Waals surface area (Å²) in [4.78, 5) is 41.9. The van der Waals surface area contributed by atoms with E-state index in [2.05, 4.69) is 154 Å². The van der Waals surface area contributed by atoms with E-state index >= 15 is 0 Å². The van der Waals surface area contributed by atoms with Crippen LogP contribution in [0, 0.1) is 23.3 Å². The molecule has 0 bridgehead atoms. The third-order valence-electron chi connectivity index (χ3n) is 16.8. The first-order valence-electron chi connectivity index (χ1n) is 35.2. The van der Waals surface area contributed by atoms with Crippen LogP contribution in [0.4, 0.5) is 111 Å². The first-order chi connectivity index (χ1) is 54.4. The molecule has 576 valence electrons. The molecule has 0 saturated heterocycles. The predicted molar refractivity (Wildman–Crippen MR) is 430 cm³/mol. The molecule has 113 heavy (non-hydrogen) atoms. The molecule has 11 heterocycles. The van der Waals surface area contributed by atoms with Gasteiger partial charge in [-0.25, -0.2) is 17.6 Å². The largest absolute Gasteiger partial charge is 0.463 e. The van der Waals surface area contributed by atoms with Gasteiger partial charge >= 0.3 is 0 Å². The van der Waals surface area contributed by atoms with Crippen LogP contribution in [0.2, 0.25) is 0 Å². The maximum atomic E-state index is 13.1. The van der Waals surface area contributed by atoms with E-state index in [1.807, 2.05) is 82.3 Å². The van der Waals surface area contributed by atoms with Gasteiger partial charge in [0, 0.05) is 108 Å². The van der Waals surface area contributed by atoms with Gasteiger partial charge in [0.25, 0.3) is 0 Å². The van der Waals surface area contributed by atoms with Crippen LogP contribution in [0.1, 0.15) is 101 Å². The number of halogens is 4. The topological polar surface area (TPSA) is 457 Å². The second kappa shape index (κ2) is 35.8. The zero-order valence-electron chi connectivity index (χ0n) is 62.0. The highest BCUT2D eigenvalue weighted by atomic mass is 19.1. The Labute approximate surface area is 645 Å². The van der Waals surface area contributed by atoms with Crippen LogP contribution in [0.3, 0.4) is 0 Å². The molecule has 4 atom stereocenters. The summed E-state index contributed by atoms with van der Waals surface area (Å²) in [6.45, 7) is 14.1. The molecule has 0 spiro atoms. The molecule has 15 aromatic rings. The summed E-state index contributed by atoms with van der Waals surface area (Å²) in [5.74, 6) is 6.63. The summed E-state index contributed by atoms with van der Waals surface area (Å²) in [5.41, 5.74) is 32.2. The van der Waals surface area contributed by atoms with Gasteiger partial charge in [0.15, 0.2) is 29.0 Å². The number of benzene rings is 4. The van der Waals surface area contributed by atoms with Gasteiger partial charge in [0.2, 0.25) is 23.8 Å². The lowest BCUT2D eigenvalue weighted by molar-refractivity contribution is 0.567. The molecular formula is C78H80F4N30O. The molecule has 0 radical (unpaired) electrons. The van der Waals surface area contributed by atoms with Crippen molar-refractivity contribution in [3.8, 4) is 34.1 Å². The van der Waals surface area contributed by atoms with E-state index in [0.29, 0.717) is 75.6 Å². The number of nitrogens with two attached hydrogens (primary N) is 4. The molecule has 0 saturated carbocycles. The molecule has 0 aliphatic rings. The molecule has 0 aliphatic heterocycles. The normalized spacial score (nSPS) is 12.0. The van der Waals surface area contributed by atoms with Crippen LogP contribution in [0.15, 0.2) is 217 Å². The Bertz CT molecular complexity index is 5350. The Hall–Kier alpha value is -15.1. The number of aromatic amines is 4. The number of pyridine rings is 2. The average molecular weight is 1530 g/mol. The highest BCUT2D eigenvalue weighted by molar-refractivity contribution is 5.68. The number of nitrogens with one attached hydrogen (secondary N) is 12. The van der Waals surface area contributed by atoms with E-state index < -0.39 is 0 Å². The monoisotopic (exact) mass is 1530 g/mol. The lowest BCUT2D eigenvalue weighted by atomic mass is 9.92. The average Bonchev–Trinajstić information content (AvgIpc) is 1.78. The summed E-state index contributed by atoms with van der Waals surface area (Å²) < 4.78 is 57.8. The number of anilines is 16. The lowest BCUT2D eigenvalue weighted by Gasteiger charge is -2.16. The van der Waals surface area contributed by atoms with E-state index in [1.54, 1.807) is 110 Å². The number of rotatable bonds is 23. The Morgan fingerprint density at radius 2 is 0.681 bits per heavy atom. The van der Waals surface area contributed by atoms with Crippen molar-refractivity contribution in [1.29, 1.82) is 0 Å². The van der Waals surface area contributed by atoms with E-state index in [9.17, 15) is 17.6 Å². The maximum absolute atomic E-state index is 13.1. The van der Waals surface area contributed by atoms with Crippen molar-refractivity contribution in [3.05, 3.63) is 264 Å². The van der Waals surface area contributed by atoms with Gasteiger partial charge in [-0.1, -0.05) is 75.4 Å². The Balaban J connectivity index is 0.000000140. The molecule has 0 amide bonds. The van der Waals surface area contributed by atoms with Gasteiger partial charge < -0.3 is 69.9 Å². The number of furan rings is 1. The molecule has 4 aromatic carbocycles. The number of nitrogen functional groups attached to an aromatic ring is 4. The first kappa shape index (κ1) is 77.6. The molecule has 31 nitrogen and oxygen atoms in total. The molecule has 4 unspecified atom stereocenters. The van der Waals surface area contributed by atoms with Gasteiger partial charge in [-0.05, 0) is 135 Å². The quantitative estimate of drug-likeness (QED) is 0.0264. The SMILES string of the molecule is CC(Nc1cc(Nc2cc(-c3ccccn3)[nH]n2)nc(N)n1)c1ccc(F)cc1.CC(Nc1cc(Nc2cc(-c3ccco3)[nH]n2)nc(N)n1)c1ccc(F)cc1.CC(Nc1cc(Nc2cc(-c3ccncc3)[nH]n2)nc(N)n1)c1ccc(F)cc1.CC(Nc1cc(Nc2cc(C(C)(C)C)[nH]n2)nc(N)n1)c1ccc(F)cc1. The van der Waals surface area contributed by atoms with Crippen molar-refractivity contribution >= 4 is 93.6 Å². The molecule has 0 aliphatic carbocycles. The van der Waals surface area contributed by atoms with Crippen molar-refractivity contribution in [2.24, 2.45) is 0 Å². The summed E-state index contributed by atoms with van der Waals surface area (Å²) in [5, 5.41) is 54.2. The second-order valence-electron chi connectivity index (χ2n) is 26.5. The molecule has 15 rings (SSSR count). The summed E-state index contributed by atoms with van der Waals surface area (Å²) in [6, 6.07) is 52.2. The van der Waals surface area contributed by atoms with Gasteiger partial charge in [-0.2, -0.15) is 60.3 Å². The fourth-order valence-electron chi connectivity index (χ4n) is 11.0. The second-order valence-corrected chi connectivity index (χ2v) is 26.5. The molecular weight excluding hydrogens is 1450 g/mol. The van der Waals surface area contributed by atoms with E-state index in [1.165, 1.54) is 48.5 Å². The highest BCUT2D eigenvalue weighted by Crippen LogP contribution is 2.31. The Morgan fingerprint density at radius 3 is 1.03 bits per heavy atom. The predicted octanol–water partition coefficient (Wildman–Crippen LogP) is 16.0. The number of hydrogen-bond donors (Lipinski definition) is 16. The van der Waals surface area contributed by atoms with Crippen LogP contribution < -0.4 is 65.5 Å². The lowest BCUT2D eigenvalue weighted by Crippen LogP contribution is -2.11. The maximum Gasteiger partial charge on any atom is 0.223 e. The molecule has 20 N–H and O–H groups in total. The zero-order chi connectivity index (χ0) is 79.5. The molecule has 35 heteroatoms. The van der Waals surface area contributed by atoms with Gasteiger partial charge in [-0.15, -0.1) is 0 Å². The number of nitrogens with zero attached hydrogens (tertiary/aromatic N) is 14. The highest BCUT2D eigenvalue weighted by Gasteiger charge is 2.20. The minimum absolute atomic E-state index is 0.0328. The van der Waals surface area contributed by atoms with Gasteiger partial charge in [0.1, 0.15) is 75.5 Å². The van der Waals surface area contributed by atoms with E-state index in [4.69, 9.17) is 27.4 Å².